The van der Waals surface area contributed by atoms with Gasteiger partial charge in [-0.2, -0.15) is 0 Å². The Morgan fingerprint density at radius 3 is 2.64 bits per heavy atom. The van der Waals surface area contributed by atoms with Crippen molar-refractivity contribution < 1.29 is 9.59 Å². The van der Waals surface area contributed by atoms with Crippen molar-refractivity contribution in [3.05, 3.63) is 42.5 Å². The molecular formula is C11H11NO2. The number of carbonyl (C=O) groups is 2. The van der Waals surface area contributed by atoms with E-state index in [0.717, 1.165) is 6.29 Å². The molecule has 1 amide bonds. The maximum atomic E-state index is 11.3. The van der Waals surface area contributed by atoms with E-state index >= 15 is 0 Å². The fraction of sp³-hybridized carbons (Fsp3) is 0.0909. The number of para-hydroxylation sites is 1. The number of likely N-dealkylation sites (N-methyl/N-ethyl adjacent to an activating group) is 1. The molecule has 3 heteroatoms. The third kappa shape index (κ3) is 1.88. The first-order valence-electron chi connectivity index (χ1n) is 4.15. The third-order valence-electron chi connectivity index (χ3n) is 1.93. The molecule has 0 bridgehead atoms. The summed E-state index contributed by atoms with van der Waals surface area (Å²) in [5, 5.41) is 0. The number of hydrogen-bond acceptors (Lipinski definition) is 2. The normalized spacial score (nSPS) is 9.21. The van der Waals surface area contributed by atoms with E-state index in [1.165, 1.54) is 11.0 Å². The Labute approximate surface area is 82.6 Å². The number of hydrogen-bond donors (Lipinski definition) is 0. The minimum absolute atomic E-state index is 0.237. The van der Waals surface area contributed by atoms with Crippen molar-refractivity contribution in [1.82, 2.24) is 0 Å². The summed E-state index contributed by atoms with van der Waals surface area (Å²) in [6.07, 6.45) is 1.93. The van der Waals surface area contributed by atoms with Gasteiger partial charge in [0.25, 0.3) is 0 Å². The van der Waals surface area contributed by atoms with Gasteiger partial charge < -0.3 is 4.90 Å². The molecule has 0 spiro atoms. The maximum absolute atomic E-state index is 11.3. The van der Waals surface area contributed by atoms with Gasteiger partial charge in [-0.1, -0.05) is 18.7 Å². The summed E-state index contributed by atoms with van der Waals surface area (Å²) in [4.78, 5) is 23.3. The average molecular weight is 189 g/mol. The van der Waals surface area contributed by atoms with Crippen LogP contribution in [0.1, 0.15) is 10.4 Å². The zero-order valence-corrected chi connectivity index (χ0v) is 7.93. The van der Waals surface area contributed by atoms with Crippen LogP contribution in [0.4, 0.5) is 5.69 Å². The Hall–Kier alpha value is -1.90. The molecule has 72 valence electrons. The zero-order chi connectivity index (χ0) is 10.6. The Kier molecular flexibility index (Phi) is 3.18. The molecule has 14 heavy (non-hydrogen) atoms. The van der Waals surface area contributed by atoms with Gasteiger partial charge in [-0.25, -0.2) is 0 Å². The van der Waals surface area contributed by atoms with Crippen LogP contribution < -0.4 is 4.90 Å². The lowest BCUT2D eigenvalue weighted by atomic mass is 10.2. The Morgan fingerprint density at radius 2 is 2.07 bits per heavy atom. The quantitative estimate of drug-likeness (QED) is 0.535. The molecular weight excluding hydrogens is 178 g/mol. The second-order valence-corrected chi connectivity index (χ2v) is 2.78. The van der Waals surface area contributed by atoms with Crippen molar-refractivity contribution in [3.63, 3.8) is 0 Å². The number of nitrogens with zero attached hydrogens (tertiary/aromatic N) is 1. The van der Waals surface area contributed by atoms with Crippen LogP contribution in [0.5, 0.6) is 0 Å². The highest BCUT2D eigenvalue weighted by atomic mass is 16.2. The lowest BCUT2D eigenvalue weighted by Gasteiger charge is -2.16. The second kappa shape index (κ2) is 4.37. The number of rotatable bonds is 3. The number of anilines is 1. The topological polar surface area (TPSA) is 37.4 Å². The predicted octanol–water partition coefficient (Wildman–Crippen LogP) is 1.65. The van der Waals surface area contributed by atoms with Crippen LogP contribution in [0.15, 0.2) is 36.9 Å². The molecule has 0 saturated carbocycles. The SMILES string of the molecule is C=CC(=O)N(C)c1ccccc1C=O. The molecule has 0 radical (unpaired) electrons. The van der Waals surface area contributed by atoms with Crippen molar-refractivity contribution >= 4 is 17.9 Å². The molecule has 0 heterocycles. The molecule has 0 aromatic heterocycles. The van der Waals surface area contributed by atoms with E-state index in [1.807, 2.05) is 0 Å². The average Bonchev–Trinajstić information content (AvgIpc) is 2.26. The van der Waals surface area contributed by atoms with Crippen molar-refractivity contribution in [3.8, 4) is 0 Å². The van der Waals surface area contributed by atoms with Crippen molar-refractivity contribution in [2.75, 3.05) is 11.9 Å². The largest absolute Gasteiger partial charge is 0.311 e. The fourth-order valence-corrected chi connectivity index (χ4v) is 1.15. The van der Waals surface area contributed by atoms with Crippen LogP contribution in [-0.2, 0) is 4.79 Å². The van der Waals surface area contributed by atoms with Gasteiger partial charge in [-0.05, 0) is 18.2 Å². The van der Waals surface area contributed by atoms with E-state index in [4.69, 9.17) is 0 Å². The van der Waals surface area contributed by atoms with E-state index in [-0.39, 0.29) is 5.91 Å². The molecule has 0 N–H and O–H groups in total. The smallest absolute Gasteiger partial charge is 0.250 e. The van der Waals surface area contributed by atoms with Gasteiger partial charge in [0.15, 0.2) is 6.29 Å². The third-order valence-corrected chi connectivity index (χ3v) is 1.93. The lowest BCUT2D eigenvalue weighted by molar-refractivity contribution is -0.113. The summed E-state index contributed by atoms with van der Waals surface area (Å²) in [7, 11) is 1.60. The van der Waals surface area contributed by atoms with Gasteiger partial charge in [-0.3, -0.25) is 9.59 Å². The van der Waals surface area contributed by atoms with Crippen LogP contribution in [0, 0.1) is 0 Å². The van der Waals surface area contributed by atoms with Crippen LogP contribution >= 0.6 is 0 Å². The molecule has 1 aromatic rings. The van der Waals surface area contributed by atoms with Gasteiger partial charge >= 0.3 is 0 Å². The number of benzene rings is 1. The molecule has 0 atom stereocenters. The van der Waals surface area contributed by atoms with Crippen molar-refractivity contribution in [2.24, 2.45) is 0 Å². The lowest BCUT2D eigenvalue weighted by Crippen LogP contribution is -2.24. The van der Waals surface area contributed by atoms with Gasteiger partial charge in [0.05, 0.1) is 5.69 Å². The fourth-order valence-electron chi connectivity index (χ4n) is 1.15. The number of aldehydes is 1. The summed E-state index contributed by atoms with van der Waals surface area (Å²) in [6.45, 7) is 3.38. The predicted molar refractivity (Wildman–Crippen MR) is 55.4 cm³/mol. The molecule has 1 rings (SSSR count). The zero-order valence-electron chi connectivity index (χ0n) is 7.93. The van der Waals surface area contributed by atoms with Crippen molar-refractivity contribution in [2.45, 2.75) is 0 Å². The summed E-state index contributed by atoms with van der Waals surface area (Å²) in [5.41, 5.74) is 1.08. The molecule has 0 aliphatic rings. The van der Waals surface area contributed by atoms with Crippen molar-refractivity contribution in [1.29, 1.82) is 0 Å². The van der Waals surface area contributed by atoms with Crippen LogP contribution in [0.2, 0.25) is 0 Å². The Balaban J connectivity index is 3.11. The van der Waals surface area contributed by atoms with Gasteiger partial charge in [0.1, 0.15) is 0 Å². The monoisotopic (exact) mass is 189 g/mol. The standard InChI is InChI=1S/C11H11NO2/c1-3-11(14)12(2)10-7-5-4-6-9(10)8-13/h3-8H,1H2,2H3. The van der Waals surface area contributed by atoms with Gasteiger partial charge in [0, 0.05) is 12.6 Å². The van der Waals surface area contributed by atoms with E-state index in [9.17, 15) is 9.59 Å². The Morgan fingerprint density at radius 1 is 1.43 bits per heavy atom. The first-order chi connectivity index (χ1) is 6.70. The molecule has 1 aromatic carbocycles. The first kappa shape index (κ1) is 10.2. The highest BCUT2D eigenvalue weighted by Gasteiger charge is 2.10. The molecule has 3 nitrogen and oxygen atoms in total. The van der Waals surface area contributed by atoms with Crippen LogP contribution in [-0.4, -0.2) is 19.2 Å². The van der Waals surface area contributed by atoms with Crippen LogP contribution in [0.25, 0.3) is 0 Å². The molecule has 0 saturated heterocycles. The summed E-state index contributed by atoms with van der Waals surface area (Å²) in [5.74, 6) is -0.237. The number of carbonyl (C=O) groups excluding carboxylic acids is 2. The van der Waals surface area contributed by atoms with Gasteiger partial charge in [0.2, 0.25) is 5.91 Å². The first-order valence-corrected chi connectivity index (χ1v) is 4.15. The molecule has 0 unspecified atom stereocenters. The Bertz CT molecular complexity index is 371. The molecule has 0 aliphatic carbocycles. The summed E-state index contributed by atoms with van der Waals surface area (Å²) in [6, 6.07) is 6.90. The van der Waals surface area contributed by atoms with E-state index in [2.05, 4.69) is 6.58 Å². The van der Waals surface area contributed by atoms with E-state index < -0.39 is 0 Å². The maximum Gasteiger partial charge on any atom is 0.250 e. The van der Waals surface area contributed by atoms with Gasteiger partial charge in [-0.15, -0.1) is 0 Å². The molecule has 0 aliphatic heterocycles. The van der Waals surface area contributed by atoms with E-state index in [1.54, 1.807) is 31.3 Å². The second-order valence-electron chi connectivity index (χ2n) is 2.78. The highest BCUT2D eigenvalue weighted by molar-refractivity contribution is 6.03. The summed E-state index contributed by atoms with van der Waals surface area (Å²) >= 11 is 0. The summed E-state index contributed by atoms with van der Waals surface area (Å²) < 4.78 is 0. The number of amides is 1. The van der Waals surface area contributed by atoms with Crippen LogP contribution in [0.3, 0.4) is 0 Å². The minimum atomic E-state index is -0.237. The van der Waals surface area contributed by atoms with E-state index in [0.29, 0.717) is 11.3 Å². The minimum Gasteiger partial charge on any atom is -0.311 e. The highest BCUT2D eigenvalue weighted by Crippen LogP contribution is 2.17. The molecule has 0 fully saturated rings.